The summed E-state index contributed by atoms with van der Waals surface area (Å²) in [5.74, 6) is 0.958. The largest absolute Gasteiger partial charge is 0.313 e. The Labute approximate surface area is 82.5 Å². The Balaban J connectivity index is 1.84. The van der Waals surface area contributed by atoms with Gasteiger partial charge in [-0.1, -0.05) is 13.8 Å². The summed E-state index contributed by atoms with van der Waals surface area (Å²) in [5.41, 5.74) is 0. The Morgan fingerprint density at radius 2 is 2.00 bits per heavy atom. The maximum Gasteiger partial charge on any atom is 0.00794 e. The molecule has 0 aromatic rings. The molecule has 0 heterocycles. The maximum atomic E-state index is 3.57. The third kappa shape index (κ3) is 4.10. The van der Waals surface area contributed by atoms with Crippen molar-refractivity contribution in [2.75, 3.05) is 13.1 Å². The number of nitrogens with one attached hydrogen (secondary N) is 2. The first-order valence-electron chi connectivity index (χ1n) is 5.69. The molecule has 0 saturated heterocycles. The first-order chi connectivity index (χ1) is 6.22. The molecule has 2 N–H and O–H groups in total. The van der Waals surface area contributed by atoms with Crippen LogP contribution in [0.15, 0.2) is 0 Å². The molecule has 0 aromatic heterocycles. The van der Waals surface area contributed by atoms with Gasteiger partial charge in [-0.15, -0.1) is 0 Å². The fourth-order valence-electron chi connectivity index (χ4n) is 1.81. The van der Waals surface area contributed by atoms with E-state index in [9.17, 15) is 0 Å². The quantitative estimate of drug-likeness (QED) is 0.615. The maximum absolute atomic E-state index is 3.57. The SMILES string of the molecule is CCC(C)NCCNC1CC(C)C1. The van der Waals surface area contributed by atoms with Crippen LogP contribution in [0.2, 0.25) is 0 Å². The van der Waals surface area contributed by atoms with Gasteiger partial charge in [-0.25, -0.2) is 0 Å². The van der Waals surface area contributed by atoms with E-state index in [-0.39, 0.29) is 0 Å². The average molecular weight is 184 g/mol. The molecule has 0 aromatic carbocycles. The van der Waals surface area contributed by atoms with Crippen LogP contribution < -0.4 is 10.6 Å². The fraction of sp³-hybridized carbons (Fsp3) is 1.00. The monoisotopic (exact) mass is 184 g/mol. The summed E-state index contributed by atoms with van der Waals surface area (Å²) in [7, 11) is 0. The molecule has 2 heteroatoms. The highest BCUT2D eigenvalue weighted by Gasteiger charge is 2.23. The molecule has 78 valence electrons. The standard InChI is InChI=1S/C11H24N2/c1-4-10(3)12-5-6-13-11-7-9(2)8-11/h9-13H,4-8H2,1-3H3. The Hall–Kier alpha value is -0.0800. The predicted octanol–water partition coefficient (Wildman–Crippen LogP) is 1.76. The van der Waals surface area contributed by atoms with Crippen LogP contribution in [0.5, 0.6) is 0 Å². The lowest BCUT2D eigenvalue weighted by molar-refractivity contribution is 0.241. The van der Waals surface area contributed by atoms with Crippen molar-refractivity contribution in [2.24, 2.45) is 5.92 Å². The molecule has 1 rings (SSSR count). The second-order valence-corrected chi connectivity index (χ2v) is 4.49. The molecule has 0 amide bonds. The summed E-state index contributed by atoms with van der Waals surface area (Å²) in [6.45, 7) is 9.03. The molecule has 13 heavy (non-hydrogen) atoms. The second-order valence-electron chi connectivity index (χ2n) is 4.49. The molecule has 1 fully saturated rings. The third-order valence-corrected chi connectivity index (χ3v) is 3.04. The normalized spacial score (nSPS) is 29.8. The number of rotatable bonds is 6. The van der Waals surface area contributed by atoms with Crippen molar-refractivity contribution in [1.29, 1.82) is 0 Å². The van der Waals surface area contributed by atoms with E-state index in [0.29, 0.717) is 6.04 Å². The lowest BCUT2D eigenvalue weighted by Crippen LogP contribution is -2.43. The van der Waals surface area contributed by atoms with Gasteiger partial charge in [-0.3, -0.25) is 0 Å². The van der Waals surface area contributed by atoms with Crippen molar-refractivity contribution in [2.45, 2.75) is 52.1 Å². The Morgan fingerprint density at radius 1 is 1.31 bits per heavy atom. The van der Waals surface area contributed by atoms with E-state index in [0.717, 1.165) is 25.0 Å². The summed E-state index contributed by atoms with van der Waals surface area (Å²) >= 11 is 0. The first-order valence-corrected chi connectivity index (χ1v) is 5.69. The molecule has 1 aliphatic rings. The van der Waals surface area contributed by atoms with Gasteiger partial charge >= 0.3 is 0 Å². The van der Waals surface area contributed by atoms with Gasteiger partial charge in [0.05, 0.1) is 0 Å². The zero-order chi connectivity index (χ0) is 9.68. The Kier molecular flexibility index (Phi) is 4.74. The highest BCUT2D eigenvalue weighted by molar-refractivity contribution is 4.82. The van der Waals surface area contributed by atoms with Crippen molar-refractivity contribution in [1.82, 2.24) is 10.6 Å². The lowest BCUT2D eigenvalue weighted by Gasteiger charge is -2.33. The molecule has 0 bridgehead atoms. The zero-order valence-electron chi connectivity index (χ0n) is 9.27. The topological polar surface area (TPSA) is 24.1 Å². The molecular weight excluding hydrogens is 160 g/mol. The van der Waals surface area contributed by atoms with Crippen LogP contribution in [0.25, 0.3) is 0 Å². The highest BCUT2D eigenvalue weighted by atomic mass is 15.0. The van der Waals surface area contributed by atoms with E-state index in [4.69, 9.17) is 0 Å². The van der Waals surface area contributed by atoms with Gasteiger partial charge in [-0.2, -0.15) is 0 Å². The molecule has 2 nitrogen and oxygen atoms in total. The van der Waals surface area contributed by atoms with Crippen LogP contribution in [-0.2, 0) is 0 Å². The molecule has 1 aliphatic carbocycles. The van der Waals surface area contributed by atoms with Crippen LogP contribution in [0.4, 0.5) is 0 Å². The van der Waals surface area contributed by atoms with Crippen LogP contribution in [-0.4, -0.2) is 25.2 Å². The first kappa shape index (κ1) is 11.0. The van der Waals surface area contributed by atoms with Crippen molar-refractivity contribution >= 4 is 0 Å². The lowest BCUT2D eigenvalue weighted by atomic mass is 9.82. The highest BCUT2D eigenvalue weighted by Crippen LogP contribution is 2.25. The van der Waals surface area contributed by atoms with Crippen molar-refractivity contribution in [3.8, 4) is 0 Å². The van der Waals surface area contributed by atoms with E-state index < -0.39 is 0 Å². The molecule has 1 atom stereocenters. The number of hydrogen-bond donors (Lipinski definition) is 2. The summed E-state index contributed by atoms with van der Waals surface area (Å²) in [6.07, 6.45) is 3.98. The summed E-state index contributed by atoms with van der Waals surface area (Å²) in [5, 5.41) is 7.05. The Bertz CT molecular complexity index is 130. The van der Waals surface area contributed by atoms with Gasteiger partial charge in [0, 0.05) is 25.2 Å². The molecule has 1 saturated carbocycles. The van der Waals surface area contributed by atoms with Gasteiger partial charge in [-0.05, 0) is 32.1 Å². The molecule has 1 unspecified atom stereocenters. The summed E-state index contributed by atoms with van der Waals surface area (Å²) < 4.78 is 0. The van der Waals surface area contributed by atoms with E-state index in [1.54, 1.807) is 0 Å². The summed E-state index contributed by atoms with van der Waals surface area (Å²) in [4.78, 5) is 0. The molecule has 0 spiro atoms. The van der Waals surface area contributed by atoms with E-state index in [1.165, 1.54) is 19.3 Å². The fourth-order valence-corrected chi connectivity index (χ4v) is 1.81. The molecule has 0 aliphatic heterocycles. The minimum atomic E-state index is 0.669. The smallest absolute Gasteiger partial charge is 0.00794 e. The predicted molar refractivity (Wildman–Crippen MR) is 57.9 cm³/mol. The van der Waals surface area contributed by atoms with Crippen molar-refractivity contribution in [3.05, 3.63) is 0 Å². The van der Waals surface area contributed by atoms with Gasteiger partial charge in [0.25, 0.3) is 0 Å². The minimum absolute atomic E-state index is 0.669. The van der Waals surface area contributed by atoms with Gasteiger partial charge in [0.2, 0.25) is 0 Å². The van der Waals surface area contributed by atoms with Crippen LogP contribution in [0.1, 0.15) is 40.0 Å². The van der Waals surface area contributed by atoms with E-state index >= 15 is 0 Å². The molecule has 0 radical (unpaired) electrons. The van der Waals surface area contributed by atoms with Gasteiger partial charge < -0.3 is 10.6 Å². The average Bonchev–Trinajstić information content (AvgIpc) is 2.08. The van der Waals surface area contributed by atoms with E-state index in [2.05, 4.69) is 31.4 Å². The van der Waals surface area contributed by atoms with Gasteiger partial charge in [0.1, 0.15) is 0 Å². The van der Waals surface area contributed by atoms with E-state index in [1.807, 2.05) is 0 Å². The van der Waals surface area contributed by atoms with Crippen LogP contribution in [0, 0.1) is 5.92 Å². The van der Waals surface area contributed by atoms with Crippen LogP contribution in [0.3, 0.4) is 0 Å². The zero-order valence-corrected chi connectivity index (χ0v) is 9.27. The second kappa shape index (κ2) is 5.61. The van der Waals surface area contributed by atoms with Crippen molar-refractivity contribution in [3.63, 3.8) is 0 Å². The Morgan fingerprint density at radius 3 is 2.54 bits per heavy atom. The number of hydrogen-bond acceptors (Lipinski definition) is 2. The van der Waals surface area contributed by atoms with Crippen LogP contribution >= 0.6 is 0 Å². The molecular formula is C11H24N2. The van der Waals surface area contributed by atoms with Gasteiger partial charge in [0.15, 0.2) is 0 Å². The van der Waals surface area contributed by atoms with Crippen molar-refractivity contribution < 1.29 is 0 Å². The third-order valence-electron chi connectivity index (χ3n) is 3.04. The minimum Gasteiger partial charge on any atom is -0.313 e. The summed E-state index contributed by atoms with van der Waals surface area (Å²) in [6, 6.07) is 1.48.